The van der Waals surface area contributed by atoms with Gasteiger partial charge in [0.1, 0.15) is 0 Å². The van der Waals surface area contributed by atoms with E-state index in [1.54, 1.807) is 0 Å². The van der Waals surface area contributed by atoms with Crippen molar-refractivity contribution in [3.63, 3.8) is 0 Å². The summed E-state index contributed by atoms with van der Waals surface area (Å²) >= 11 is 2.87. The van der Waals surface area contributed by atoms with E-state index < -0.39 is 17.5 Å². The Hall–Kier alpha value is -1.37. The number of nitrogens with zero attached hydrogens (tertiary/aromatic N) is 1. The van der Waals surface area contributed by atoms with Gasteiger partial charge in [-0.05, 0) is 24.6 Å². The lowest BCUT2D eigenvalue weighted by Gasteiger charge is -2.19. The van der Waals surface area contributed by atoms with E-state index >= 15 is 0 Å². The molecule has 0 bridgehead atoms. The van der Waals surface area contributed by atoms with Crippen LogP contribution in [0.1, 0.15) is 28.8 Å². The summed E-state index contributed by atoms with van der Waals surface area (Å²) < 4.78 is 39.1. The van der Waals surface area contributed by atoms with E-state index in [2.05, 4.69) is 15.9 Å². The van der Waals surface area contributed by atoms with Gasteiger partial charge in [0.2, 0.25) is 5.91 Å². The van der Waals surface area contributed by atoms with Crippen LogP contribution in [0, 0.1) is 0 Å². The number of carbonyl (C=O) groups excluding carboxylic acids is 2. The molecule has 2 rings (SSSR count). The summed E-state index contributed by atoms with van der Waals surface area (Å²) in [5.74, 6) is -0.839. The summed E-state index contributed by atoms with van der Waals surface area (Å²) in [5.41, 5.74) is -1.20. The van der Waals surface area contributed by atoms with Crippen molar-refractivity contribution in [1.29, 1.82) is 0 Å². The average Bonchev–Trinajstić information content (AvgIpc) is 2.82. The Kier molecular flexibility index (Phi) is 4.17. The molecule has 0 atom stereocenters. The fourth-order valence-electron chi connectivity index (χ4n) is 2.17. The maximum Gasteiger partial charge on any atom is 0.417 e. The number of alkyl halides is 4. The third kappa shape index (κ3) is 2.87. The molecular formula is C13H11BrF3NO2. The largest absolute Gasteiger partial charge is 0.417 e. The number of benzene rings is 1. The van der Waals surface area contributed by atoms with E-state index in [1.807, 2.05) is 0 Å². The molecule has 1 aromatic carbocycles. The highest BCUT2D eigenvalue weighted by atomic mass is 79.9. The summed E-state index contributed by atoms with van der Waals surface area (Å²) in [6, 6.07) is 3.39. The van der Waals surface area contributed by atoms with E-state index in [4.69, 9.17) is 0 Å². The highest BCUT2D eigenvalue weighted by molar-refractivity contribution is 9.09. The minimum absolute atomic E-state index is 0.182. The monoisotopic (exact) mass is 349 g/mol. The van der Waals surface area contributed by atoms with Crippen molar-refractivity contribution in [2.75, 3.05) is 16.8 Å². The molecule has 0 aliphatic carbocycles. The molecule has 0 radical (unpaired) electrons. The predicted molar refractivity (Wildman–Crippen MR) is 71.2 cm³/mol. The molecule has 1 aliphatic rings. The normalized spacial score (nSPS) is 15.8. The van der Waals surface area contributed by atoms with E-state index in [9.17, 15) is 22.8 Å². The topological polar surface area (TPSA) is 37.4 Å². The zero-order chi connectivity index (χ0) is 14.9. The molecule has 1 amide bonds. The van der Waals surface area contributed by atoms with Gasteiger partial charge in [0.15, 0.2) is 5.78 Å². The van der Waals surface area contributed by atoms with Gasteiger partial charge in [-0.25, -0.2) is 0 Å². The van der Waals surface area contributed by atoms with Gasteiger partial charge in [-0.3, -0.25) is 9.59 Å². The van der Waals surface area contributed by atoms with E-state index in [0.29, 0.717) is 19.4 Å². The van der Waals surface area contributed by atoms with Crippen LogP contribution in [0.15, 0.2) is 18.2 Å². The third-order valence-electron chi connectivity index (χ3n) is 3.12. The summed E-state index contributed by atoms with van der Waals surface area (Å²) in [6.07, 6.45) is -3.67. The van der Waals surface area contributed by atoms with Crippen LogP contribution in [-0.2, 0) is 11.0 Å². The second kappa shape index (κ2) is 5.55. The summed E-state index contributed by atoms with van der Waals surface area (Å²) in [6.45, 7) is 0.405. The van der Waals surface area contributed by atoms with Crippen LogP contribution >= 0.6 is 15.9 Å². The number of amides is 1. The predicted octanol–water partition coefficient (Wildman–Crippen LogP) is 3.41. The highest BCUT2D eigenvalue weighted by Gasteiger charge is 2.36. The van der Waals surface area contributed by atoms with Crippen molar-refractivity contribution in [1.82, 2.24) is 0 Å². The Morgan fingerprint density at radius 1 is 1.35 bits per heavy atom. The Morgan fingerprint density at radius 3 is 2.55 bits per heavy atom. The molecule has 1 aromatic rings. The summed E-state index contributed by atoms with van der Waals surface area (Å²) in [5, 5.41) is -0.182. The fraction of sp³-hybridized carbons (Fsp3) is 0.385. The lowest BCUT2D eigenvalue weighted by Crippen LogP contribution is -2.25. The van der Waals surface area contributed by atoms with Crippen LogP contribution in [0.3, 0.4) is 0 Å². The van der Waals surface area contributed by atoms with Gasteiger partial charge in [-0.1, -0.05) is 15.9 Å². The van der Waals surface area contributed by atoms with Crippen LogP contribution in [-0.4, -0.2) is 23.6 Å². The molecule has 7 heteroatoms. The number of hydrogen-bond acceptors (Lipinski definition) is 2. The van der Waals surface area contributed by atoms with Gasteiger partial charge < -0.3 is 4.90 Å². The van der Waals surface area contributed by atoms with E-state index in [-0.39, 0.29) is 22.5 Å². The lowest BCUT2D eigenvalue weighted by molar-refractivity contribution is -0.138. The Morgan fingerprint density at radius 2 is 2.05 bits per heavy atom. The molecule has 1 aliphatic heterocycles. The van der Waals surface area contributed by atoms with Crippen LogP contribution < -0.4 is 4.90 Å². The lowest BCUT2D eigenvalue weighted by atomic mass is 10.0. The highest BCUT2D eigenvalue weighted by Crippen LogP contribution is 2.35. The molecule has 0 spiro atoms. The number of Topliss-reactive ketones (excluding diaryl/α,β-unsaturated/α-hetero) is 1. The molecule has 0 saturated carbocycles. The standard InChI is InChI=1S/C13H11BrF3NO2/c14-7-11(19)9-4-3-8(6-10(9)13(15,16)17)18-5-1-2-12(18)20/h3-4,6H,1-2,5,7H2. The quantitative estimate of drug-likeness (QED) is 0.619. The van der Waals surface area contributed by atoms with E-state index in [0.717, 1.165) is 12.1 Å². The van der Waals surface area contributed by atoms with Gasteiger partial charge in [-0.15, -0.1) is 0 Å². The Bertz CT molecular complexity index is 557. The van der Waals surface area contributed by atoms with Crippen LogP contribution in [0.2, 0.25) is 0 Å². The molecule has 0 N–H and O–H groups in total. The van der Waals surface area contributed by atoms with Gasteiger partial charge >= 0.3 is 6.18 Å². The first-order valence-corrected chi connectivity index (χ1v) is 7.07. The second-order valence-electron chi connectivity index (χ2n) is 4.43. The number of halogens is 4. The van der Waals surface area contributed by atoms with Gasteiger partial charge in [0.25, 0.3) is 0 Å². The van der Waals surface area contributed by atoms with Crippen LogP contribution in [0.4, 0.5) is 18.9 Å². The van der Waals surface area contributed by atoms with Crippen molar-refractivity contribution < 1.29 is 22.8 Å². The van der Waals surface area contributed by atoms with Gasteiger partial charge in [-0.2, -0.15) is 13.2 Å². The molecule has 0 aromatic heterocycles. The molecule has 1 heterocycles. The number of ketones is 1. The summed E-state index contributed by atoms with van der Waals surface area (Å²) in [7, 11) is 0. The van der Waals surface area contributed by atoms with Crippen molar-refractivity contribution in [2.24, 2.45) is 0 Å². The number of rotatable bonds is 3. The number of anilines is 1. The molecule has 108 valence electrons. The molecule has 1 fully saturated rings. The average molecular weight is 350 g/mol. The van der Waals surface area contributed by atoms with E-state index in [1.165, 1.54) is 11.0 Å². The second-order valence-corrected chi connectivity index (χ2v) is 4.99. The first kappa shape index (κ1) is 15.0. The summed E-state index contributed by atoms with van der Waals surface area (Å²) in [4.78, 5) is 24.4. The van der Waals surface area contributed by atoms with Crippen molar-refractivity contribution in [3.05, 3.63) is 29.3 Å². The number of hydrogen-bond donors (Lipinski definition) is 0. The Balaban J connectivity index is 2.49. The third-order valence-corrected chi connectivity index (χ3v) is 3.62. The first-order chi connectivity index (χ1) is 9.34. The zero-order valence-electron chi connectivity index (χ0n) is 10.3. The van der Waals surface area contributed by atoms with Gasteiger partial charge in [0.05, 0.1) is 10.9 Å². The molecule has 3 nitrogen and oxygen atoms in total. The maximum absolute atomic E-state index is 13.0. The van der Waals surface area contributed by atoms with Crippen molar-refractivity contribution >= 4 is 33.3 Å². The van der Waals surface area contributed by atoms with Crippen LogP contribution in [0.5, 0.6) is 0 Å². The minimum Gasteiger partial charge on any atom is -0.312 e. The smallest absolute Gasteiger partial charge is 0.312 e. The van der Waals surface area contributed by atoms with Gasteiger partial charge in [0, 0.05) is 24.2 Å². The number of carbonyl (C=O) groups is 2. The van der Waals surface area contributed by atoms with Crippen LogP contribution in [0.25, 0.3) is 0 Å². The zero-order valence-corrected chi connectivity index (χ0v) is 11.9. The first-order valence-electron chi connectivity index (χ1n) is 5.95. The molecule has 1 saturated heterocycles. The van der Waals surface area contributed by atoms with Crippen molar-refractivity contribution in [3.8, 4) is 0 Å². The maximum atomic E-state index is 13.0. The fourth-order valence-corrected chi connectivity index (χ4v) is 2.47. The SMILES string of the molecule is O=C(CBr)c1ccc(N2CCCC2=O)cc1C(F)(F)F. The molecule has 20 heavy (non-hydrogen) atoms. The molecule has 0 unspecified atom stereocenters. The molecular weight excluding hydrogens is 339 g/mol. The minimum atomic E-state index is -4.63. The Labute approximate surface area is 121 Å². The van der Waals surface area contributed by atoms with Crippen molar-refractivity contribution in [2.45, 2.75) is 19.0 Å².